The zero-order valence-electron chi connectivity index (χ0n) is 15.8. The second-order valence-corrected chi connectivity index (χ2v) is 7.47. The van der Waals surface area contributed by atoms with Gasteiger partial charge < -0.3 is 14.2 Å². The molecule has 2 aromatic carbocycles. The molecule has 0 bridgehead atoms. The van der Waals surface area contributed by atoms with Gasteiger partial charge in [-0.05, 0) is 36.8 Å². The Labute approximate surface area is 169 Å². The van der Waals surface area contributed by atoms with Crippen molar-refractivity contribution >= 4 is 23.8 Å². The molecule has 7 heteroatoms. The van der Waals surface area contributed by atoms with Crippen LogP contribution in [0.4, 0.5) is 0 Å². The van der Waals surface area contributed by atoms with Crippen LogP contribution in [-0.2, 0) is 26.9 Å². The Bertz CT molecular complexity index is 982. The first-order chi connectivity index (χ1) is 13.0. The van der Waals surface area contributed by atoms with Crippen molar-refractivity contribution in [3.63, 3.8) is 0 Å². The maximum atomic E-state index is 6.14. The Hall–Kier alpha value is -2.15. The number of ether oxygens (including phenoxy) is 1. The monoisotopic (exact) mass is 403 g/mol. The Morgan fingerprint density at radius 2 is 1.85 bits per heavy atom. The van der Waals surface area contributed by atoms with Crippen molar-refractivity contribution < 1.29 is 9.64 Å². The van der Waals surface area contributed by atoms with Crippen LogP contribution in [0.2, 0.25) is 5.02 Å². The number of aromatic nitrogens is 3. The molecule has 5 nitrogen and oxygen atoms in total. The van der Waals surface area contributed by atoms with Crippen LogP contribution in [0, 0.1) is 11.7 Å². The van der Waals surface area contributed by atoms with E-state index in [0.29, 0.717) is 28.8 Å². The summed E-state index contributed by atoms with van der Waals surface area (Å²) in [4.78, 5) is 1.30. The highest BCUT2D eigenvalue weighted by Crippen LogP contribution is 2.23. The zero-order valence-corrected chi connectivity index (χ0v) is 17.3. The number of halogens is 1. The standard InChI is InChI=1S/C20H23ClN4OS/c1-15-8-4-5-9-16(15)12-23(2)14-25-20(27)24(3)19(22-25)13-26-18-11-7-6-10-17(18)21/h4-11H,12-14H2,1-3H3/p+1. The Kier molecular flexibility index (Phi) is 6.31. The molecule has 0 aliphatic heterocycles. The van der Waals surface area contributed by atoms with Gasteiger partial charge in [-0.1, -0.05) is 48.0 Å². The summed E-state index contributed by atoms with van der Waals surface area (Å²) in [6.45, 7) is 4.05. The van der Waals surface area contributed by atoms with E-state index in [1.165, 1.54) is 16.0 Å². The summed E-state index contributed by atoms with van der Waals surface area (Å²) < 4.78 is 10.2. The lowest BCUT2D eigenvalue weighted by molar-refractivity contribution is -0.917. The Morgan fingerprint density at radius 3 is 2.59 bits per heavy atom. The molecule has 1 N–H and O–H groups in total. The summed E-state index contributed by atoms with van der Waals surface area (Å²) in [6.07, 6.45) is 0. The molecule has 0 saturated heterocycles. The van der Waals surface area contributed by atoms with Gasteiger partial charge >= 0.3 is 0 Å². The summed E-state index contributed by atoms with van der Waals surface area (Å²) in [5.41, 5.74) is 2.63. The Morgan fingerprint density at radius 1 is 1.15 bits per heavy atom. The van der Waals surface area contributed by atoms with E-state index in [1.807, 2.05) is 34.5 Å². The predicted molar refractivity (Wildman–Crippen MR) is 110 cm³/mol. The van der Waals surface area contributed by atoms with Crippen molar-refractivity contribution in [2.75, 3.05) is 7.05 Å². The van der Waals surface area contributed by atoms with Gasteiger partial charge in [-0.3, -0.25) is 0 Å². The minimum atomic E-state index is 0.313. The highest BCUT2D eigenvalue weighted by atomic mass is 35.5. The van der Waals surface area contributed by atoms with Crippen LogP contribution in [0.1, 0.15) is 17.0 Å². The topological polar surface area (TPSA) is 36.4 Å². The normalized spacial score (nSPS) is 12.1. The van der Waals surface area contributed by atoms with Crippen LogP contribution in [-0.4, -0.2) is 21.4 Å². The Balaban J connectivity index is 1.68. The number of hydrogen-bond donors (Lipinski definition) is 1. The van der Waals surface area contributed by atoms with Gasteiger partial charge in [-0.2, -0.15) is 4.68 Å². The van der Waals surface area contributed by atoms with E-state index in [4.69, 9.17) is 28.6 Å². The second-order valence-electron chi connectivity index (χ2n) is 6.69. The van der Waals surface area contributed by atoms with Crippen LogP contribution >= 0.6 is 23.8 Å². The molecular weight excluding hydrogens is 380 g/mol. The second kappa shape index (κ2) is 8.69. The van der Waals surface area contributed by atoms with E-state index in [1.54, 1.807) is 6.07 Å². The molecule has 1 unspecified atom stereocenters. The minimum absolute atomic E-state index is 0.313. The van der Waals surface area contributed by atoms with Gasteiger partial charge in [0.1, 0.15) is 18.9 Å². The smallest absolute Gasteiger partial charge is 0.202 e. The lowest BCUT2D eigenvalue weighted by Crippen LogP contribution is -3.07. The van der Waals surface area contributed by atoms with Gasteiger partial charge in [0.05, 0.1) is 12.1 Å². The summed E-state index contributed by atoms with van der Waals surface area (Å²) in [5, 5.41) is 5.23. The summed E-state index contributed by atoms with van der Waals surface area (Å²) >= 11 is 11.7. The highest BCUT2D eigenvalue weighted by Gasteiger charge is 2.13. The van der Waals surface area contributed by atoms with Crippen molar-refractivity contribution in [2.24, 2.45) is 7.05 Å². The van der Waals surface area contributed by atoms with Crippen molar-refractivity contribution in [1.29, 1.82) is 0 Å². The molecule has 0 aliphatic carbocycles. The van der Waals surface area contributed by atoms with Gasteiger partial charge in [0.25, 0.3) is 0 Å². The molecule has 27 heavy (non-hydrogen) atoms. The van der Waals surface area contributed by atoms with E-state index in [9.17, 15) is 0 Å². The average molecular weight is 404 g/mol. The van der Waals surface area contributed by atoms with Crippen molar-refractivity contribution in [3.05, 3.63) is 75.3 Å². The molecule has 0 amide bonds. The van der Waals surface area contributed by atoms with Gasteiger partial charge in [-0.25, -0.2) is 0 Å². The van der Waals surface area contributed by atoms with E-state index in [0.717, 1.165) is 12.4 Å². The van der Waals surface area contributed by atoms with Gasteiger partial charge in [0.2, 0.25) is 4.77 Å². The van der Waals surface area contributed by atoms with Crippen LogP contribution in [0.15, 0.2) is 48.5 Å². The molecule has 1 aromatic heterocycles. The minimum Gasteiger partial charge on any atom is -0.484 e. The highest BCUT2D eigenvalue weighted by molar-refractivity contribution is 7.71. The van der Waals surface area contributed by atoms with Crippen molar-refractivity contribution in [3.8, 4) is 5.75 Å². The van der Waals surface area contributed by atoms with E-state index in [2.05, 4.69) is 43.3 Å². The van der Waals surface area contributed by atoms with Gasteiger partial charge in [0, 0.05) is 12.6 Å². The van der Waals surface area contributed by atoms with E-state index >= 15 is 0 Å². The molecule has 3 aromatic rings. The van der Waals surface area contributed by atoms with E-state index in [-0.39, 0.29) is 0 Å². The maximum absolute atomic E-state index is 6.14. The number of rotatable bonds is 7. The lowest BCUT2D eigenvalue weighted by atomic mass is 10.1. The molecule has 142 valence electrons. The molecule has 0 radical (unpaired) electrons. The van der Waals surface area contributed by atoms with Crippen molar-refractivity contribution in [1.82, 2.24) is 14.3 Å². The van der Waals surface area contributed by atoms with E-state index < -0.39 is 0 Å². The largest absolute Gasteiger partial charge is 0.484 e. The first kappa shape index (κ1) is 19.6. The first-order valence-electron chi connectivity index (χ1n) is 8.81. The van der Waals surface area contributed by atoms with Crippen LogP contribution in [0.5, 0.6) is 5.75 Å². The summed E-state index contributed by atoms with van der Waals surface area (Å²) in [7, 11) is 4.05. The van der Waals surface area contributed by atoms with Crippen LogP contribution in [0.25, 0.3) is 0 Å². The third-order valence-corrected chi connectivity index (χ3v) is 5.29. The summed E-state index contributed by atoms with van der Waals surface area (Å²) in [6, 6.07) is 15.9. The molecule has 3 rings (SSSR count). The fraction of sp³-hybridized carbons (Fsp3) is 0.300. The SMILES string of the molecule is Cc1ccccc1C[NH+](C)Cn1nc(COc2ccccc2Cl)n(C)c1=S. The van der Waals surface area contributed by atoms with Crippen LogP contribution < -0.4 is 9.64 Å². The number of nitrogens with zero attached hydrogens (tertiary/aromatic N) is 3. The quantitative estimate of drug-likeness (QED) is 0.615. The fourth-order valence-corrected chi connectivity index (χ4v) is 3.31. The number of quaternary nitrogens is 1. The first-order valence-corrected chi connectivity index (χ1v) is 9.60. The fourth-order valence-electron chi connectivity index (χ4n) is 2.91. The third kappa shape index (κ3) is 4.77. The molecule has 1 heterocycles. The number of para-hydroxylation sites is 1. The zero-order chi connectivity index (χ0) is 19.4. The molecule has 0 saturated carbocycles. The van der Waals surface area contributed by atoms with Gasteiger partial charge in [-0.15, -0.1) is 5.10 Å². The summed E-state index contributed by atoms with van der Waals surface area (Å²) in [5.74, 6) is 1.41. The average Bonchev–Trinajstić information content (AvgIpc) is 2.91. The third-order valence-electron chi connectivity index (χ3n) is 4.50. The number of hydrogen-bond acceptors (Lipinski definition) is 3. The molecule has 0 aliphatic rings. The molecule has 0 fully saturated rings. The lowest BCUT2D eigenvalue weighted by Gasteiger charge is -2.15. The number of benzene rings is 2. The molecule has 1 atom stereocenters. The predicted octanol–water partition coefficient (Wildman–Crippen LogP) is 3.16. The molecular formula is C20H24ClN4OS+. The molecule has 0 spiro atoms. The maximum Gasteiger partial charge on any atom is 0.202 e. The number of aryl methyl sites for hydroxylation is 1. The van der Waals surface area contributed by atoms with Gasteiger partial charge in [0.15, 0.2) is 12.5 Å². The number of nitrogens with one attached hydrogen (secondary N) is 1. The van der Waals surface area contributed by atoms with Crippen LogP contribution in [0.3, 0.4) is 0 Å². The van der Waals surface area contributed by atoms with Crippen molar-refractivity contribution in [2.45, 2.75) is 26.7 Å².